The topological polar surface area (TPSA) is 181 Å². The maximum atomic E-state index is 13.1. The van der Waals surface area contributed by atoms with Crippen LogP contribution in [0.2, 0.25) is 0 Å². The molecule has 13 nitrogen and oxygen atoms in total. The van der Waals surface area contributed by atoms with Crippen molar-refractivity contribution in [3.05, 3.63) is 251 Å². The number of ether oxygens (including phenoxy) is 6. The molecule has 460 valence electrons. The van der Waals surface area contributed by atoms with Crippen molar-refractivity contribution < 1.29 is 62.6 Å². The third-order valence-corrected chi connectivity index (χ3v) is 14.6. The lowest BCUT2D eigenvalue weighted by Gasteiger charge is -2.20. The lowest BCUT2D eigenvalue weighted by Crippen LogP contribution is -2.21. The van der Waals surface area contributed by atoms with Gasteiger partial charge in [-0.3, -0.25) is 24.0 Å². The normalized spacial score (nSPS) is 12.9. The standard InChI is InChI=1S/C36H36Cl2O5.C20H20Cl2O5.C8H6Cl2O.C2H6O2.CH4/c37-33(29-17-9-3-10-18-29)25-31(27-13-5-1-6-14-27)35(39)42-23-21-41-22-24-43-36(40)32(28-15-7-2-8-16-28)26-34(38)30-19-11-4-12-20-30;21-17(15-7-3-1-4-8-15)19(23)26-13-11-25-12-14-27-20(24)18(22)16-9-5-2-6-10-16;9-7(8(10)11)6-4-2-1-3-5-6;3-1-2-4;/h1-20,31-34H,21-26H2;1-10,17-18H,11-14H2;1-5,7H;3-4H,1-2H2;1H4. The van der Waals surface area contributed by atoms with Crippen LogP contribution in [0.1, 0.15) is 97.9 Å². The zero-order valence-corrected chi connectivity index (χ0v) is 50.9. The number of hydrogen-bond donors (Lipinski definition) is 2. The highest BCUT2D eigenvalue weighted by Gasteiger charge is 2.28. The van der Waals surface area contributed by atoms with Crippen LogP contribution in [0.4, 0.5) is 0 Å². The summed E-state index contributed by atoms with van der Waals surface area (Å²) < 4.78 is 32.1. The van der Waals surface area contributed by atoms with Crippen LogP contribution in [-0.4, -0.2) is 105 Å². The van der Waals surface area contributed by atoms with Crippen LogP contribution in [0.15, 0.2) is 212 Å². The summed E-state index contributed by atoms with van der Waals surface area (Å²) in [4.78, 5) is 60.4. The van der Waals surface area contributed by atoms with E-state index in [9.17, 15) is 24.0 Å². The molecule has 0 heterocycles. The molecule has 0 aromatic heterocycles. The fourth-order valence-corrected chi connectivity index (χ4v) is 9.08. The quantitative estimate of drug-likeness (QED) is 0.0149. The summed E-state index contributed by atoms with van der Waals surface area (Å²) in [5.74, 6) is -2.82. The van der Waals surface area contributed by atoms with E-state index >= 15 is 0 Å². The molecule has 0 aliphatic carbocycles. The molecule has 0 saturated heterocycles. The van der Waals surface area contributed by atoms with Gasteiger partial charge in [-0.1, -0.05) is 220 Å². The fraction of sp³-hybridized carbons (Fsp3) is 0.299. The lowest BCUT2D eigenvalue weighted by atomic mass is 9.92. The van der Waals surface area contributed by atoms with Crippen LogP contribution >= 0.6 is 69.6 Å². The second-order valence-electron chi connectivity index (χ2n) is 18.1. The Kier molecular flexibility index (Phi) is 38.0. The molecule has 19 heteroatoms. The molecule has 0 aliphatic heterocycles. The van der Waals surface area contributed by atoms with Gasteiger partial charge in [0.15, 0.2) is 10.8 Å². The highest BCUT2D eigenvalue weighted by molar-refractivity contribution is 6.68. The van der Waals surface area contributed by atoms with Crippen molar-refractivity contribution in [2.45, 2.75) is 59.0 Å². The summed E-state index contributed by atoms with van der Waals surface area (Å²) in [6.07, 6.45) is 0.808. The molecule has 0 fully saturated rings. The molecule has 7 rings (SSSR count). The molecule has 2 N–H and O–H groups in total. The number of aliphatic hydroxyl groups is 2. The molecule has 7 aromatic rings. The molecule has 0 bridgehead atoms. The molecule has 7 atom stereocenters. The Morgan fingerprint density at radius 3 is 0.779 bits per heavy atom. The summed E-state index contributed by atoms with van der Waals surface area (Å²) in [5, 5.41) is 11.6. The van der Waals surface area contributed by atoms with Crippen molar-refractivity contribution in [3.8, 4) is 0 Å². The second kappa shape index (κ2) is 44.2. The molecular formula is C67H72Cl6O13. The molecule has 0 spiro atoms. The van der Waals surface area contributed by atoms with Gasteiger partial charge < -0.3 is 38.6 Å². The summed E-state index contributed by atoms with van der Waals surface area (Å²) in [7, 11) is 0. The average molecular weight is 1300 g/mol. The van der Waals surface area contributed by atoms with E-state index in [1.807, 2.05) is 152 Å². The first-order valence-corrected chi connectivity index (χ1v) is 29.6. The Hall–Kier alpha value is -6.33. The third-order valence-electron chi connectivity index (χ3n) is 12.1. The number of benzene rings is 7. The van der Waals surface area contributed by atoms with Crippen LogP contribution in [0.5, 0.6) is 0 Å². The van der Waals surface area contributed by atoms with Gasteiger partial charge in [-0.25, -0.2) is 0 Å². The number of carbonyl (C=O) groups is 5. The summed E-state index contributed by atoms with van der Waals surface area (Å²) in [6, 6.07) is 65.2. The van der Waals surface area contributed by atoms with Crippen LogP contribution in [0.3, 0.4) is 0 Å². The second-order valence-corrected chi connectivity index (χ2v) is 20.9. The predicted molar refractivity (Wildman–Crippen MR) is 340 cm³/mol. The number of aliphatic hydroxyl groups excluding tert-OH is 2. The summed E-state index contributed by atoms with van der Waals surface area (Å²) >= 11 is 36.3. The van der Waals surface area contributed by atoms with E-state index < -0.39 is 45.1 Å². The molecule has 0 saturated carbocycles. The number of carbonyl (C=O) groups excluding carboxylic acids is 5. The Morgan fingerprint density at radius 2 is 0.535 bits per heavy atom. The zero-order chi connectivity index (χ0) is 61.4. The van der Waals surface area contributed by atoms with Gasteiger partial charge in [0.25, 0.3) is 0 Å². The summed E-state index contributed by atoms with van der Waals surface area (Å²) in [6.45, 7) is 0.713. The SMILES string of the molecule is C.O=C(Cl)C(Cl)c1ccccc1.O=C(OCCOCCOC(=O)C(CC(Cl)c1ccccc1)c1ccccc1)C(CC(Cl)c1ccccc1)c1ccccc1.O=C(OCCOCCOC(=O)C(Cl)c1ccccc1)C(Cl)c1ccccc1.OCCO. The first-order chi connectivity index (χ1) is 41.2. The van der Waals surface area contributed by atoms with Crippen LogP contribution in [-0.2, 0) is 52.4 Å². The maximum Gasteiger partial charge on any atom is 0.328 e. The van der Waals surface area contributed by atoms with Gasteiger partial charge in [-0.15, -0.1) is 58.0 Å². The van der Waals surface area contributed by atoms with E-state index in [1.54, 1.807) is 60.7 Å². The lowest BCUT2D eigenvalue weighted by molar-refractivity contribution is -0.149. The van der Waals surface area contributed by atoms with Gasteiger partial charge in [0.1, 0.15) is 31.8 Å². The Balaban J connectivity index is 0.000000380. The molecule has 7 aromatic carbocycles. The van der Waals surface area contributed by atoms with Gasteiger partial charge in [-0.2, -0.15) is 0 Å². The minimum absolute atomic E-state index is 0. The van der Waals surface area contributed by atoms with Crippen LogP contribution in [0.25, 0.3) is 0 Å². The monoisotopic (exact) mass is 1290 g/mol. The third kappa shape index (κ3) is 28.5. The number of rotatable bonds is 29. The highest BCUT2D eigenvalue weighted by Crippen LogP contribution is 2.35. The highest BCUT2D eigenvalue weighted by atomic mass is 35.5. The Morgan fingerprint density at radius 1 is 0.314 bits per heavy atom. The van der Waals surface area contributed by atoms with Gasteiger partial charge in [-0.05, 0) is 63.4 Å². The van der Waals surface area contributed by atoms with Crippen molar-refractivity contribution in [1.82, 2.24) is 0 Å². The van der Waals surface area contributed by atoms with Gasteiger partial charge >= 0.3 is 23.9 Å². The minimum Gasteiger partial charge on any atom is -0.463 e. The largest absolute Gasteiger partial charge is 0.463 e. The van der Waals surface area contributed by atoms with E-state index in [-0.39, 0.29) is 96.2 Å². The van der Waals surface area contributed by atoms with Crippen molar-refractivity contribution >= 4 is 98.7 Å². The first kappa shape index (κ1) is 73.9. The van der Waals surface area contributed by atoms with Gasteiger partial charge in [0.2, 0.25) is 5.24 Å². The van der Waals surface area contributed by atoms with Crippen molar-refractivity contribution in [1.29, 1.82) is 0 Å². The average Bonchev–Trinajstić information content (AvgIpc) is 3.76. The summed E-state index contributed by atoms with van der Waals surface area (Å²) in [5.41, 5.74) is 5.67. The molecule has 0 aliphatic rings. The van der Waals surface area contributed by atoms with E-state index in [0.717, 1.165) is 27.8 Å². The smallest absolute Gasteiger partial charge is 0.328 e. The molecule has 86 heavy (non-hydrogen) atoms. The number of esters is 4. The number of hydrogen-bond acceptors (Lipinski definition) is 13. The zero-order valence-electron chi connectivity index (χ0n) is 46.4. The van der Waals surface area contributed by atoms with Crippen molar-refractivity contribution in [2.75, 3.05) is 66.1 Å². The van der Waals surface area contributed by atoms with E-state index in [2.05, 4.69) is 0 Å². The Bertz CT molecular complexity index is 2750. The van der Waals surface area contributed by atoms with Crippen molar-refractivity contribution in [2.24, 2.45) is 0 Å². The predicted octanol–water partition coefficient (Wildman–Crippen LogP) is 14.8. The van der Waals surface area contributed by atoms with Crippen LogP contribution in [0, 0.1) is 0 Å². The number of alkyl halides is 5. The van der Waals surface area contributed by atoms with Gasteiger partial charge in [0, 0.05) is 0 Å². The number of halogens is 6. The molecular weight excluding hydrogens is 1230 g/mol. The minimum atomic E-state index is -0.856. The fourth-order valence-electron chi connectivity index (χ4n) is 7.74. The molecule has 7 unspecified atom stereocenters. The van der Waals surface area contributed by atoms with E-state index in [4.69, 9.17) is 108 Å². The van der Waals surface area contributed by atoms with Gasteiger partial charge in [0.05, 0.1) is 62.2 Å². The maximum absolute atomic E-state index is 13.1. The van der Waals surface area contributed by atoms with E-state index in [0.29, 0.717) is 24.0 Å². The Labute approximate surface area is 534 Å². The molecule has 0 radical (unpaired) electrons. The van der Waals surface area contributed by atoms with E-state index in [1.165, 1.54) is 0 Å². The van der Waals surface area contributed by atoms with Crippen LogP contribution < -0.4 is 0 Å². The molecule has 0 amide bonds. The first-order valence-electron chi connectivity index (χ1n) is 27.0. The van der Waals surface area contributed by atoms with Crippen molar-refractivity contribution in [3.63, 3.8) is 0 Å².